The summed E-state index contributed by atoms with van der Waals surface area (Å²) < 4.78 is 11.0. The van der Waals surface area contributed by atoms with Crippen molar-refractivity contribution in [3.8, 4) is 0 Å². The molecule has 1 aliphatic heterocycles. The molecule has 0 aliphatic carbocycles. The Bertz CT molecular complexity index is 382. The minimum Gasteiger partial charge on any atom is -0.378 e. The van der Waals surface area contributed by atoms with Crippen LogP contribution < -0.4 is 10.2 Å². The van der Waals surface area contributed by atoms with Crippen LogP contribution in [0.3, 0.4) is 0 Å². The van der Waals surface area contributed by atoms with Gasteiger partial charge in [-0.2, -0.15) is 0 Å². The van der Waals surface area contributed by atoms with E-state index in [4.69, 9.17) is 14.5 Å². The Hall–Kier alpha value is -0.690. The summed E-state index contributed by atoms with van der Waals surface area (Å²) in [5.41, 5.74) is 1.04. The molecular formula is C14H25N3O2S. The number of likely N-dealkylation sites (N-methyl/N-ethyl adjacent to an activating group) is 1. The summed E-state index contributed by atoms with van der Waals surface area (Å²) in [5, 5.41) is 4.24. The van der Waals surface area contributed by atoms with Gasteiger partial charge in [0.1, 0.15) is 0 Å². The molecular weight excluding hydrogens is 274 g/mol. The van der Waals surface area contributed by atoms with Gasteiger partial charge >= 0.3 is 0 Å². The van der Waals surface area contributed by atoms with Crippen LogP contribution in [0.4, 0.5) is 5.13 Å². The minimum atomic E-state index is 0.344. The largest absolute Gasteiger partial charge is 0.378 e. The van der Waals surface area contributed by atoms with E-state index in [0.717, 1.165) is 36.9 Å². The van der Waals surface area contributed by atoms with Gasteiger partial charge in [0.15, 0.2) is 5.13 Å². The zero-order chi connectivity index (χ0) is 14.4. The Morgan fingerprint density at radius 1 is 1.50 bits per heavy atom. The van der Waals surface area contributed by atoms with Crippen molar-refractivity contribution >= 4 is 16.5 Å². The third kappa shape index (κ3) is 4.15. The quantitative estimate of drug-likeness (QED) is 0.834. The summed E-state index contributed by atoms with van der Waals surface area (Å²) >= 11 is 1.74. The lowest BCUT2D eigenvalue weighted by Crippen LogP contribution is -2.33. The predicted molar refractivity (Wildman–Crippen MR) is 82.5 cm³/mol. The van der Waals surface area contributed by atoms with Crippen LogP contribution in [0.1, 0.15) is 29.8 Å². The number of hydrogen-bond acceptors (Lipinski definition) is 6. The molecule has 1 fully saturated rings. The highest BCUT2D eigenvalue weighted by molar-refractivity contribution is 7.15. The smallest absolute Gasteiger partial charge is 0.185 e. The molecule has 2 heterocycles. The number of rotatable bonds is 7. The van der Waals surface area contributed by atoms with Crippen LogP contribution in [-0.4, -0.2) is 45.4 Å². The number of anilines is 1. The molecule has 1 aromatic rings. The number of aromatic nitrogens is 1. The molecule has 114 valence electrons. The maximum atomic E-state index is 5.80. The molecule has 1 saturated heterocycles. The highest BCUT2D eigenvalue weighted by Gasteiger charge is 2.19. The Morgan fingerprint density at radius 2 is 2.35 bits per heavy atom. The van der Waals surface area contributed by atoms with Crippen LogP contribution in [0, 0.1) is 0 Å². The lowest BCUT2D eigenvalue weighted by molar-refractivity contribution is 0.0216. The van der Waals surface area contributed by atoms with Crippen LogP contribution in [0.2, 0.25) is 0 Å². The summed E-state index contributed by atoms with van der Waals surface area (Å²) in [6, 6.07) is 0. The maximum Gasteiger partial charge on any atom is 0.185 e. The van der Waals surface area contributed by atoms with E-state index in [-0.39, 0.29) is 0 Å². The van der Waals surface area contributed by atoms with Gasteiger partial charge in [0, 0.05) is 38.7 Å². The number of ether oxygens (including phenoxy) is 2. The van der Waals surface area contributed by atoms with E-state index < -0.39 is 0 Å². The molecule has 1 atom stereocenters. The highest BCUT2D eigenvalue weighted by Crippen LogP contribution is 2.27. The van der Waals surface area contributed by atoms with Gasteiger partial charge in [-0.25, -0.2) is 4.98 Å². The summed E-state index contributed by atoms with van der Waals surface area (Å²) in [5.74, 6) is 0. The van der Waals surface area contributed by atoms with E-state index >= 15 is 0 Å². The molecule has 5 nitrogen and oxygen atoms in total. The van der Waals surface area contributed by atoms with Crippen LogP contribution >= 0.6 is 11.3 Å². The van der Waals surface area contributed by atoms with Crippen LogP contribution in [0.15, 0.2) is 0 Å². The summed E-state index contributed by atoms with van der Waals surface area (Å²) in [7, 11) is 5.76. The predicted octanol–water partition coefficient (Wildman–Crippen LogP) is 2.01. The van der Waals surface area contributed by atoms with Gasteiger partial charge in [0.25, 0.3) is 0 Å². The topological polar surface area (TPSA) is 46.6 Å². The van der Waals surface area contributed by atoms with E-state index in [1.165, 1.54) is 17.7 Å². The molecule has 1 N–H and O–H groups in total. The van der Waals surface area contributed by atoms with Gasteiger partial charge in [0.05, 0.1) is 18.4 Å². The molecule has 20 heavy (non-hydrogen) atoms. The van der Waals surface area contributed by atoms with Crippen molar-refractivity contribution in [2.45, 2.75) is 38.5 Å². The lowest BCUT2D eigenvalue weighted by atomic mass is 10.1. The first-order valence-corrected chi connectivity index (χ1v) is 8.01. The Labute approximate surface area is 125 Å². The zero-order valence-corrected chi connectivity index (χ0v) is 13.5. The standard InChI is InChI=1S/C14H25N3O2S/c1-15-8-13-12(10-18-3)16-14(20-13)17(2)9-11-6-4-5-7-19-11/h11,15H,4-10H2,1-3H3. The average Bonchev–Trinajstić information content (AvgIpc) is 2.84. The number of nitrogens with one attached hydrogen (secondary N) is 1. The summed E-state index contributed by atoms with van der Waals surface area (Å²) in [6.07, 6.45) is 3.97. The van der Waals surface area contributed by atoms with Crippen LogP contribution in [0.25, 0.3) is 0 Å². The molecule has 2 rings (SSSR count). The van der Waals surface area contributed by atoms with Gasteiger partial charge < -0.3 is 19.7 Å². The first-order chi connectivity index (χ1) is 9.74. The molecule has 1 aromatic heterocycles. The molecule has 0 aromatic carbocycles. The third-order valence-electron chi connectivity index (χ3n) is 3.46. The second-order valence-corrected chi connectivity index (χ2v) is 6.26. The van der Waals surface area contributed by atoms with E-state index in [0.29, 0.717) is 12.7 Å². The van der Waals surface area contributed by atoms with E-state index in [9.17, 15) is 0 Å². The van der Waals surface area contributed by atoms with Gasteiger partial charge in [-0.15, -0.1) is 11.3 Å². The van der Waals surface area contributed by atoms with Crippen LogP contribution in [-0.2, 0) is 22.6 Å². The number of hydrogen-bond donors (Lipinski definition) is 1. The van der Waals surface area contributed by atoms with Crippen molar-refractivity contribution < 1.29 is 9.47 Å². The number of methoxy groups -OCH3 is 1. The molecule has 6 heteroatoms. The highest BCUT2D eigenvalue weighted by atomic mass is 32.1. The third-order valence-corrected chi connectivity index (χ3v) is 4.68. The van der Waals surface area contributed by atoms with Gasteiger partial charge in [0.2, 0.25) is 0 Å². The SMILES string of the molecule is CNCc1sc(N(C)CC2CCCCO2)nc1COC. The first kappa shape index (κ1) is 15.7. The van der Waals surface area contributed by atoms with Crippen molar-refractivity contribution in [2.75, 3.05) is 39.3 Å². The van der Waals surface area contributed by atoms with E-state index in [1.54, 1.807) is 18.4 Å². The summed E-state index contributed by atoms with van der Waals surface area (Å²) in [6.45, 7) is 3.22. The van der Waals surface area contributed by atoms with Gasteiger partial charge in [-0.05, 0) is 26.3 Å². The average molecular weight is 299 g/mol. The minimum absolute atomic E-state index is 0.344. The van der Waals surface area contributed by atoms with Crippen molar-refractivity contribution in [1.29, 1.82) is 0 Å². The fourth-order valence-electron chi connectivity index (χ4n) is 2.42. The second kappa shape index (κ2) is 7.93. The fourth-order valence-corrected chi connectivity index (χ4v) is 3.46. The maximum absolute atomic E-state index is 5.80. The van der Waals surface area contributed by atoms with Crippen molar-refractivity contribution in [3.05, 3.63) is 10.6 Å². The zero-order valence-electron chi connectivity index (χ0n) is 12.6. The van der Waals surface area contributed by atoms with Gasteiger partial charge in [-0.3, -0.25) is 0 Å². The molecule has 0 amide bonds. The Balaban J connectivity index is 2.00. The fraction of sp³-hybridized carbons (Fsp3) is 0.786. The normalized spacial score (nSPS) is 19.2. The van der Waals surface area contributed by atoms with Crippen molar-refractivity contribution in [1.82, 2.24) is 10.3 Å². The molecule has 0 saturated carbocycles. The lowest BCUT2D eigenvalue weighted by Gasteiger charge is -2.27. The van der Waals surface area contributed by atoms with Crippen LogP contribution in [0.5, 0.6) is 0 Å². The van der Waals surface area contributed by atoms with E-state index in [1.807, 2.05) is 7.05 Å². The first-order valence-electron chi connectivity index (χ1n) is 7.19. The molecule has 1 unspecified atom stereocenters. The Kier molecular flexibility index (Phi) is 6.22. The Morgan fingerprint density at radius 3 is 3.00 bits per heavy atom. The summed E-state index contributed by atoms with van der Waals surface area (Å²) in [4.78, 5) is 8.17. The molecule has 0 radical (unpaired) electrons. The van der Waals surface area contributed by atoms with Crippen molar-refractivity contribution in [2.24, 2.45) is 0 Å². The van der Waals surface area contributed by atoms with Crippen molar-refractivity contribution in [3.63, 3.8) is 0 Å². The second-order valence-electron chi connectivity index (χ2n) is 5.20. The van der Waals surface area contributed by atoms with E-state index in [2.05, 4.69) is 17.3 Å². The number of thiazole rings is 1. The molecule has 1 aliphatic rings. The molecule has 0 spiro atoms. The van der Waals surface area contributed by atoms with Gasteiger partial charge in [-0.1, -0.05) is 0 Å². The molecule has 0 bridgehead atoms. The monoisotopic (exact) mass is 299 g/mol. The number of nitrogens with zero attached hydrogens (tertiary/aromatic N) is 2.